The SMILES string of the molecule is Clc1cc2c(c(Cl)c1Cl)OCC(CC1CCNCC1)O2. The maximum Gasteiger partial charge on any atom is 0.181 e. The first-order chi connectivity index (χ1) is 9.65. The smallest absolute Gasteiger partial charge is 0.181 e. The minimum atomic E-state index is 0.0545. The zero-order valence-electron chi connectivity index (χ0n) is 10.9. The van der Waals surface area contributed by atoms with Crippen LogP contribution in [-0.4, -0.2) is 25.8 Å². The first-order valence-corrected chi connectivity index (χ1v) is 7.96. The lowest BCUT2D eigenvalue weighted by atomic mass is 9.92. The predicted molar refractivity (Wildman–Crippen MR) is 81.6 cm³/mol. The number of fused-ring (bicyclic) bond motifs is 1. The molecule has 0 amide bonds. The summed E-state index contributed by atoms with van der Waals surface area (Å²) in [5, 5.41) is 4.40. The van der Waals surface area contributed by atoms with Crippen molar-refractivity contribution in [1.29, 1.82) is 0 Å². The maximum absolute atomic E-state index is 6.13. The lowest BCUT2D eigenvalue weighted by Crippen LogP contribution is -2.35. The van der Waals surface area contributed by atoms with Crippen molar-refractivity contribution in [2.24, 2.45) is 5.92 Å². The van der Waals surface area contributed by atoms with E-state index >= 15 is 0 Å². The van der Waals surface area contributed by atoms with Crippen molar-refractivity contribution in [3.8, 4) is 11.5 Å². The van der Waals surface area contributed by atoms with E-state index in [1.807, 2.05) is 0 Å². The fourth-order valence-corrected chi connectivity index (χ4v) is 3.41. The van der Waals surface area contributed by atoms with Crippen LogP contribution in [0.25, 0.3) is 0 Å². The van der Waals surface area contributed by atoms with Gasteiger partial charge in [0.15, 0.2) is 11.5 Å². The van der Waals surface area contributed by atoms with Gasteiger partial charge in [-0.15, -0.1) is 0 Å². The number of benzene rings is 1. The fourth-order valence-electron chi connectivity index (χ4n) is 2.77. The Morgan fingerprint density at radius 3 is 2.65 bits per heavy atom. The van der Waals surface area contributed by atoms with Gasteiger partial charge in [0.25, 0.3) is 0 Å². The van der Waals surface area contributed by atoms with Crippen molar-refractivity contribution in [3.05, 3.63) is 21.1 Å². The molecule has 0 radical (unpaired) electrons. The monoisotopic (exact) mass is 335 g/mol. The van der Waals surface area contributed by atoms with E-state index in [1.54, 1.807) is 6.07 Å². The summed E-state index contributed by atoms with van der Waals surface area (Å²) in [6.07, 6.45) is 3.43. The van der Waals surface area contributed by atoms with Gasteiger partial charge in [0, 0.05) is 6.07 Å². The molecular weight excluding hydrogens is 321 g/mol. The molecule has 20 heavy (non-hydrogen) atoms. The fraction of sp³-hybridized carbons (Fsp3) is 0.571. The molecule has 2 aliphatic rings. The number of nitrogens with one attached hydrogen (secondary N) is 1. The van der Waals surface area contributed by atoms with Crippen LogP contribution in [0.2, 0.25) is 15.1 Å². The van der Waals surface area contributed by atoms with Crippen molar-refractivity contribution >= 4 is 34.8 Å². The van der Waals surface area contributed by atoms with Crippen LogP contribution in [0, 0.1) is 5.92 Å². The molecule has 0 spiro atoms. The molecule has 3 rings (SSSR count). The first kappa shape index (κ1) is 14.6. The van der Waals surface area contributed by atoms with E-state index < -0.39 is 0 Å². The van der Waals surface area contributed by atoms with Crippen LogP contribution >= 0.6 is 34.8 Å². The molecule has 110 valence electrons. The van der Waals surface area contributed by atoms with Crippen LogP contribution < -0.4 is 14.8 Å². The predicted octanol–water partition coefficient (Wildman–Crippen LogP) is 4.18. The summed E-state index contributed by atoms with van der Waals surface area (Å²) in [5.41, 5.74) is 0. The summed E-state index contributed by atoms with van der Waals surface area (Å²) >= 11 is 18.2. The Labute approximate surface area is 133 Å². The highest BCUT2D eigenvalue weighted by molar-refractivity contribution is 6.48. The molecule has 1 aromatic carbocycles. The van der Waals surface area contributed by atoms with Gasteiger partial charge in [-0.05, 0) is 38.3 Å². The lowest BCUT2D eigenvalue weighted by molar-refractivity contribution is 0.0679. The largest absolute Gasteiger partial charge is 0.484 e. The number of rotatable bonds is 2. The molecule has 2 heterocycles. The third-order valence-electron chi connectivity index (χ3n) is 3.85. The summed E-state index contributed by atoms with van der Waals surface area (Å²) < 4.78 is 11.7. The van der Waals surface area contributed by atoms with E-state index in [4.69, 9.17) is 44.3 Å². The van der Waals surface area contributed by atoms with Crippen LogP contribution in [-0.2, 0) is 0 Å². The molecule has 1 atom stereocenters. The normalized spacial score (nSPS) is 22.9. The van der Waals surface area contributed by atoms with Crippen LogP contribution in [0.5, 0.6) is 11.5 Å². The molecule has 0 aromatic heterocycles. The van der Waals surface area contributed by atoms with Crippen molar-refractivity contribution in [2.75, 3.05) is 19.7 Å². The molecule has 3 nitrogen and oxygen atoms in total. The standard InChI is InChI=1S/C14H16Cl3NO2/c15-10-6-11-14(13(17)12(10)16)19-7-9(20-11)5-8-1-3-18-4-2-8/h6,8-9,18H,1-5,7H2. The molecule has 0 aliphatic carbocycles. The Morgan fingerprint density at radius 2 is 1.90 bits per heavy atom. The summed E-state index contributed by atoms with van der Waals surface area (Å²) in [6.45, 7) is 2.68. The zero-order valence-corrected chi connectivity index (χ0v) is 13.2. The van der Waals surface area contributed by atoms with E-state index in [1.165, 1.54) is 12.8 Å². The summed E-state index contributed by atoms with van der Waals surface area (Å²) in [4.78, 5) is 0. The Balaban J connectivity index is 1.71. The number of hydrogen-bond acceptors (Lipinski definition) is 3. The summed E-state index contributed by atoms with van der Waals surface area (Å²) in [5.74, 6) is 1.78. The van der Waals surface area contributed by atoms with Gasteiger partial charge in [0.2, 0.25) is 0 Å². The van der Waals surface area contributed by atoms with E-state index in [0.717, 1.165) is 19.5 Å². The summed E-state index contributed by atoms with van der Waals surface area (Å²) in [7, 11) is 0. The van der Waals surface area contributed by atoms with Gasteiger partial charge in [-0.1, -0.05) is 34.8 Å². The molecular formula is C14H16Cl3NO2. The highest BCUT2D eigenvalue weighted by Gasteiger charge is 2.28. The highest BCUT2D eigenvalue weighted by Crippen LogP contribution is 2.46. The van der Waals surface area contributed by atoms with Gasteiger partial charge in [0.1, 0.15) is 17.7 Å². The number of hydrogen-bond donors (Lipinski definition) is 1. The third-order valence-corrected chi connectivity index (χ3v) is 5.09. The third kappa shape index (κ3) is 2.96. The highest BCUT2D eigenvalue weighted by atomic mass is 35.5. The Bertz CT molecular complexity index is 504. The second-order valence-electron chi connectivity index (χ2n) is 5.29. The average molecular weight is 337 g/mol. The van der Waals surface area contributed by atoms with Crippen LogP contribution in [0.1, 0.15) is 19.3 Å². The molecule has 0 bridgehead atoms. The topological polar surface area (TPSA) is 30.5 Å². The van der Waals surface area contributed by atoms with Gasteiger partial charge < -0.3 is 14.8 Å². The second kappa shape index (κ2) is 6.18. The number of ether oxygens (including phenoxy) is 2. The van der Waals surface area contributed by atoms with E-state index in [2.05, 4.69) is 5.32 Å². The Kier molecular flexibility index (Phi) is 4.51. The van der Waals surface area contributed by atoms with Crippen LogP contribution in [0.15, 0.2) is 6.07 Å². The Hall–Kier alpha value is -0.350. The lowest BCUT2D eigenvalue weighted by Gasteiger charge is -2.31. The van der Waals surface area contributed by atoms with Gasteiger partial charge in [-0.2, -0.15) is 0 Å². The van der Waals surface area contributed by atoms with E-state index in [-0.39, 0.29) is 6.10 Å². The zero-order chi connectivity index (χ0) is 14.1. The maximum atomic E-state index is 6.13. The minimum Gasteiger partial charge on any atom is -0.484 e. The molecule has 1 aromatic rings. The van der Waals surface area contributed by atoms with Crippen molar-refractivity contribution in [3.63, 3.8) is 0 Å². The molecule has 0 saturated carbocycles. The molecule has 1 N–H and O–H groups in total. The molecule has 2 aliphatic heterocycles. The van der Waals surface area contributed by atoms with Gasteiger partial charge in [-0.3, -0.25) is 0 Å². The molecule has 6 heteroatoms. The average Bonchev–Trinajstić information content (AvgIpc) is 2.46. The van der Waals surface area contributed by atoms with Crippen molar-refractivity contribution in [1.82, 2.24) is 5.32 Å². The quantitative estimate of drug-likeness (QED) is 0.822. The molecule has 1 fully saturated rings. The summed E-state index contributed by atoms with van der Waals surface area (Å²) in [6, 6.07) is 1.68. The number of piperidine rings is 1. The second-order valence-corrected chi connectivity index (χ2v) is 6.46. The van der Waals surface area contributed by atoms with Crippen LogP contribution in [0.4, 0.5) is 0 Å². The first-order valence-electron chi connectivity index (χ1n) is 6.83. The van der Waals surface area contributed by atoms with Crippen molar-refractivity contribution < 1.29 is 9.47 Å². The van der Waals surface area contributed by atoms with E-state index in [0.29, 0.717) is 39.1 Å². The van der Waals surface area contributed by atoms with E-state index in [9.17, 15) is 0 Å². The van der Waals surface area contributed by atoms with Crippen molar-refractivity contribution in [2.45, 2.75) is 25.4 Å². The number of halogens is 3. The molecule has 1 unspecified atom stereocenters. The molecule has 1 saturated heterocycles. The minimum absolute atomic E-state index is 0.0545. The Morgan fingerprint density at radius 1 is 1.15 bits per heavy atom. The van der Waals surface area contributed by atoms with Crippen LogP contribution in [0.3, 0.4) is 0 Å². The van der Waals surface area contributed by atoms with Gasteiger partial charge in [0.05, 0.1) is 10.0 Å². The van der Waals surface area contributed by atoms with Gasteiger partial charge in [-0.25, -0.2) is 0 Å². The van der Waals surface area contributed by atoms with Gasteiger partial charge >= 0.3 is 0 Å².